The van der Waals surface area contributed by atoms with E-state index in [0.29, 0.717) is 0 Å². The minimum atomic E-state index is 0. The fourth-order valence-corrected chi connectivity index (χ4v) is 3.94. The fourth-order valence-electron chi connectivity index (χ4n) is 3.73. The van der Waals surface area contributed by atoms with Crippen molar-refractivity contribution in [1.82, 2.24) is 19.9 Å². The number of anilines is 3. The molecule has 0 atom stereocenters. The average Bonchev–Trinajstić information content (AvgIpc) is 3.00. The molecule has 0 spiro atoms. The van der Waals surface area contributed by atoms with E-state index in [0.717, 1.165) is 48.0 Å². The van der Waals surface area contributed by atoms with E-state index >= 15 is 0 Å². The van der Waals surface area contributed by atoms with E-state index in [2.05, 4.69) is 106 Å². The van der Waals surface area contributed by atoms with Gasteiger partial charge in [0, 0.05) is 36.0 Å². The molecule has 0 aliphatic rings. The number of quaternary nitrogens is 1. The number of hydrogen-bond donors (Lipinski definition) is 3. The lowest BCUT2D eigenvalue weighted by atomic mass is 10.1. The molecule has 7 nitrogen and oxygen atoms in total. The molecule has 0 aliphatic carbocycles. The van der Waals surface area contributed by atoms with Crippen molar-refractivity contribution in [1.29, 1.82) is 0 Å². The summed E-state index contributed by atoms with van der Waals surface area (Å²) in [5.41, 5.74) is 12.5. The highest BCUT2D eigenvalue weighted by molar-refractivity contribution is 6.40. The average molecular weight is 641 g/mol. The summed E-state index contributed by atoms with van der Waals surface area (Å²) in [6.07, 6.45) is 9.50. The van der Waals surface area contributed by atoms with Crippen molar-refractivity contribution < 1.29 is 17.7 Å². The predicted octanol–water partition coefficient (Wildman–Crippen LogP) is 5.13. The number of nitrogens with zero attached hydrogens (tertiary/aromatic N) is 4. The summed E-state index contributed by atoms with van der Waals surface area (Å²) in [7, 11) is 0. The van der Waals surface area contributed by atoms with Gasteiger partial charge in [-0.2, -0.15) is 4.98 Å². The first kappa shape index (κ1) is 37.3. The Labute approximate surface area is 271 Å². The van der Waals surface area contributed by atoms with Gasteiger partial charge in [0.1, 0.15) is 5.69 Å². The van der Waals surface area contributed by atoms with Crippen LogP contribution in [0.2, 0.25) is 10.3 Å². The van der Waals surface area contributed by atoms with Crippen molar-refractivity contribution in [2.24, 2.45) is 0 Å². The minimum absolute atomic E-state index is 0. The van der Waals surface area contributed by atoms with Gasteiger partial charge in [0.25, 0.3) is 5.82 Å². The topological polar surface area (TPSA) is 106 Å². The number of halogens is 3. The second-order valence-corrected chi connectivity index (χ2v) is 9.66. The van der Waals surface area contributed by atoms with Crippen LogP contribution in [-0.2, 0) is 19.3 Å². The minimum Gasteiger partial charge on any atom is -1.00 e. The molecule has 0 saturated heterocycles. The van der Waals surface area contributed by atoms with Crippen LogP contribution in [0.1, 0.15) is 44.9 Å². The highest BCUT2D eigenvalue weighted by Crippen LogP contribution is 2.20. The molecule has 2 heterocycles. The third-order valence-electron chi connectivity index (χ3n) is 5.96. The highest BCUT2D eigenvalue weighted by Gasteiger charge is 2.11. The van der Waals surface area contributed by atoms with E-state index in [1.807, 2.05) is 18.2 Å². The van der Waals surface area contributed by atoms with Crippen molar-refractivity contribution in [2.45, 2.75) is 47.5 Å². The van der Waals surface area contributed by atoms with Crippen molar-refractivity contribution in [3.8, 4) is 0 Å². The molecule has 0 amide bonds. The van der Waals surface area contributed by atoms with Gasteiger partial charge in [0.15, 0.2) is 10.3 Å². The van der Waals surface area contributed by atoms with Gasteiger partial charge in [-0.05, 0) is 66.3 Å². The van der Waals surface area contributed by atoms with Crippen molar-refractivity contribution >= 4 is 51.9 Å². The molecule has 228 valence electrons. The van der Waals surface area contributed by atoms with Gasteiger partial charge in [-0.25, -0.2) is 15.0 Å². The van der Waals surface area contributed by atoms with Crippen molar-refractivity contribution in [3.05, 3.63) is 125 Å². The Bertz CT molecular complexity index is 1430. The van der Waals surface area contributed by atoms with Gasteiger partial charge in [-0.1, -0.05) is 87.8 Å². The van der Waals surface area contributed by atoms with Gasteiger partial charge in [0.2, 0.25) is 5.82 Å². The molecule has 0 radical (unpaired) electrons. The number of nitrogens with one attached hydrogen (secondary N) is 1. The summed E-state index contributed by atoms with van der Waals surface area (Å²) < 4.78 is 0. The number of aromatic nitrogens is 4. The maximum Gasteiger partial charge on any atom is 0.273 e. The maximum atomic E-state index is 5.53. The van der Waals surface area contributed by atoms with E-state index in [1.165, 1.54) is 29.1 Å². The van der Waals surface area contributed by atoms with Crippen LogP contribution in [0.4, 0.5) is 28.7 Å². The second kappa shape index (κ2) is 20.2. The quantitative estimate of drug-likeness (QED) is 0.213. The van der Waals surface area contributed by atoms with E-state index in [1.54, 1.807) is 12.4 Å². The summed E-state index contributed by atoms with van der Waals surface area (Å²) in [5.74, 6) is 1.61. The summed E-state index contributed by atoms with van der Waals surface area (Å²) >= 11 is 10.8. The number of hydrogen-bond acceptors (Lipinski definition) is 6. The van der Waals surface area contributed by atoms with Crippen LogP contribution in [0.5, 0.6) is 0 Å². The molecular weight excluding hydrogens is 601 g/mol. The monoisotopic (exact) mass is 639 g/mol. The lowest BCUT2D eigenvalue weighted by molar-refractivity contribution is -0.482. The molecule has 0 unspecified atom stereocenters. The number of aryl methyl sites for hydroxylation is 3. The van der Waals surface area contributed by atoms with Crippen LogP contribution in [0.25, 0.3) is 0 Å². The van der Waals surface area contributed by atoms with Crippen LogP contribution in [-0.4, -0.2) is 19.9 Å². The van der Waals surface area contributed by atoms with Crippen LogP contribution in [0.15, 0.2) is 97.6 Å². The normalized spacial score (nSPS) is 9.60. The predicted molar refractivity (Wildman–Crippen MR) is 177 cm³/mol. The van der Waals surface area contributed by atoms with Gasteiger partial charge in [-0.15, -0.1) is 0 Å². The first-order chi connectivity index (χ1) is 19.9. The Hall–Kier alpha value is -3.75. The SMILES string of the molecule is C.CCc1cccc(N)c1.CCc1cccc(Nc2nccnc2[NH2+]c2cccc(CC)c2)c1.Clc1nccnc1Cl.[Cl-]. The number of nitrogens with two attached hydrogens (primary N) is 2. The van der Waals surface area contributed by atoms with E-state index < -0.39 is 0 Å². The largest absolute Gasteiger partial charge is 1.00 e. The molecule has 0 saturated carbocycles. The smallest absolute Gasteiger partial charge is 0.273 e. The first-order valence-electron chi connectivity index (χ1n) is 13.5. The molecule has 43 heavy (non-hydrogen) atoms. The van der Waals surface area contributed by atoms with E-state index in [-0.39, 0.29) is 30.1 Å². The van der Waals surface area contributed by atoms with Crippen LogP contribution >= 0.6 is 23.2 Å². The maximum absolute atomic E-state index is 5.53. The highest BCUT2D eigenvalue weighted by atomic mass is 35.5. The Balaban J connectivity index is 0.000000400. The van der Waals surface area contributed by atoms with Gasteiger partial charge in [-0.3, -0.25) is 5.32 Å². The molecule has 5 N–H and O–H groups in total. The fraction of sp³-hybridized carbons (Fsp3) is 0.212. The zero-order valence-corrected chi connectivity index (χ0v) is 26.2. The zero-order chi connectivity index (χ0) is 29.5. The van der Waals surface area contributed by atoms with Crippen LogP contribution < -0.4 is 28.8 Å². The number of nitrogen functional groups attached to an aromatic ring is 1. The Kier molecular flexibility index (Phi) is 17.5. The third-order valence-corrected chi connectivity index (χ3v) is 6.61. The summed E-state index contributed by atoms with van der Waals surface area (Å²) in [6, 6.07) is 24.9. The molecule has 0 bridgehead atoms. The number of benzene rings is 3. The van der Waals surface area contributed by atoms with Gasteiger partial charge >= 0.3 is 0 Å². The van der Waals surface area contributed by atoms with Crippen molar-refractivity contribution in [2.75, 3.05) is 11.1 Å². The molecule has 10 heteroatoms. The van der Waals surface area contributed by atoms with Crippen molar-refractivity contribution in [3.63, 3.8) is 0 Å². The second-order valence-electron chi connectivity index (χ2n) is 8.95. The molecule has 5 aromatic rings. The summed E-state index contributed by atoms with van der Waals surface area (Å²) in [5, 5.41) is 5.95. The first-order valence-corrected chi connectivity index (χ1v) is 14.2. The standard InChI is InChI=1S/C20H22N4.C8H11N.C4H2Cl2N2.CH4.ClH/c1-3-15-7-5-9-17(13-15)23-19-20(22-12-11-21-19)24-18-10-6-8-16(4-2)14-18;1-2-7-4-3-5-8(9)6-7;5-3-4(6)8-2-1-7-3;;/h5-14H,3-4H2,1-2H3,(H,21,23)(H,22,24);3-6H,2,9H2,1H3;1-2H;1H4;1H. The Morgan fingerprint density at radius 2 is 1.19 bits per heavy atom. The number of rotatable bonds is 7. The lowest BCUT2D eigenvalue weighted by Gasteiger charge is -2.09. The molecule has 2 aromatic heterocycles. The molecule has 0 aliphatic heterocycles. The van der Waals surface area contributed by atoms with E-state index in [9.17, 15) is 0 Å². The lowest BCUT2D eigenvalue weighted by Crippen LogP contribution is -3.00. The molecule has 5 rings (SSSR count). The summed E-state index contributed by atoms with van der Waals surface area (Å²) in [4.78, 5) is 16.3. The Morgan fingerprint density at radius 3 is 1.74 bits per heavy atom. The third kappa shape index (κ3) is 13.0. The van der Waals surface area contributed by atoms with Gasteiger partial charge in [0.05, 0.1) is 6.20 Å². The molecule has 3 aromatic carbocycles. The van der Waals surface area contributed by atoms with Gasteiger partial charge < -0.3 is 23.5 Å². The van der Waals surface area contributed by atoms with Crippen LogP contribution in [0.3, 0.4) is 0 Å². The van der Waals surface area contributed by atoms with E-state index in [4.69, 9.17) is 28.9 Å². The zero-order valence-electron chi connectivity index (χ0n) is 23.9. The molecular formula is C33H40Cl3N7. The summed E-state index contributed by atoms with van der Waals surface area (Å²) in [6.45, 7) is 6.44. The molecule has 0 fully saturated rings. The Morgan fingerprint density at radius 1 is 0.674 bits per heavy atom. The van der Waals surface area contributed by atoms with Crippen LogP contribution in [0, 0.1) is 0 Å².